The number of rotatable bonds is 4. The molecular weight excluding hydrogens is 218 g/mol. The van der Waals surface area contributed by atoms with Crippen LogP contribution in [0.2, 0.25) is 0 Å². The van der Waals surface area contributed by atoms with Crippen LogP contribution < -0.4 is 5.32 Å². The fourth-order valence-electron chi connectivity index (χ4n) is 3.27. The van der Waals surface area contributed by atoms with Gasteiger partial charge in [0.15, 0.2) is 0 Å². The largest absolute Gasteiger partial charge is 0.311 e. The van der Waals surface area contributed by atoms with Crippen LogP contribution in [0.15, 0.2) is 0 Å². The standard InChI is InChI=1S/C12H19N3S/c1-2-13-7-11-14-15-12(16-11)10-6-8-3-4-9(10)5-8/h8-10,13H,2-7H2,1H3. The average Bonchev–Trinajstić information content (AvgIpc) is 3.01. The lowest BCUT2D eigenvalue weighted by Crippen LogP contribution is -2.11. The van der Waals surface area contributed by atoms with E-state index in [1.54, 1.807) is 0 Å². The molecule has 0 aromatic carbocycles. The number of hydrogen-bond donors (Lipinski definition) is 1. The zero-order chi connectivity index (χ0) is 11.0. The molecule has 1 aromatic heterocycles. The molecule has 2 aliphatic rings. The summed E-state index contributed by atoms with van der Waals surface area (Å²) < 4.78 is 0. The van der Waals surface area contributed by atoms with Crippen molar-refractivity contribution in [2.75, 3.05) is 6.54 Å². The molecule has 2 bridgehead atoms. The van der Waals surface area contributed by atoms with Crippen LogP contribution in [0.1, 0.15) is 48.5 Å². The summed E-state index contributed by atoms with van der Waals surface area (Å²) in [7, 11) is 0. The monoisotopic (exact) mass is 237 g/mol. The molecule has 3 rings (SSSR count). The SMILES string of the molecule is CCNCc1nnc(C2CC3CCC2C3)s1. The van der Waals surface area contributed by atoms with E-state index in [9.17, 15) is 0 Å². The van der Waals surface area contributed by atoms with Crippen molar-refractivity contribution in [1.82, 2.24) is 15.5 Å². The topological polar surface area (TPSA) is 37.8 Å². The Morgan fingerprint density at radius 3 is 2.94 bits per heavy atom. The third-order valence-corrected chi connectivity index (χ3v) is 5.12. The first-order chi connectivity index (χ1) is 7.86. The highest BCUT2D eigenvalue weighted by atomic mass is 32.1. The van der Waals surface area contributed by atoms with Gasteiger partial charge in [-0.05, 0) is 37.6 Å². The molecule has 1 N–H and O–H groups in total. The summed E-state index contributed by atoms with van der Waals surface area (Å²) in [5, 5.41) is 14.5. The highest BCUT2D eigenvalue weighted by molar-refractivity contribution is 7.11. The normalized spacial score (nSPS) is 32.4. The quantitative estimate of drug-likeness (QED) is 0.874. The number of nitrogens with one attached hydrogen (secondary N) is 1. The van der Waals surface area contributed by atoms with E-state index in [1.807, 2.05) is 11.3 Å². The maximum Gasteiger partial charge on any atom is 0.131 e. The van der Waals surface area contributed by atoms with Gasteiger partial charge in [-0.2, -0.15) is 0 Å². The lowest BCUT2D eigenvalue weighted by Gasteiger charge is -2.18. The fraction of sp³-hybridized carbons (Fsp3) is 0.833. The van der Waals surface area contributed by atoms with Crippen molar-refractivity contribution in [2.24, 2.45) is 11.8 Å². The molecule has 4 heteroatoms. The van der Waals surface area contributed by atoms with E-state index in [0.29, 0.717) is 0 Å². The van der Waals surface area contributed by atoms with Crippen molar-refractivity contribution in [1.29, 1.82) is 0 Å². The van der Waals surface area contributed by atoms with Gasteiger partial charge >= 0.3 is 0 Å². The van der Waals surface area contributed by atoms with E-state index in [4.69, 9.17) is 0 Å². The first-order valence-corrected chi connectivity index (χ1v) is 7.21. The summed E-state index contributed by atoms with van der Waals surface area (Å²) >= 11 is 1.83. The van der Waals surface area contributed by atoms with E-state index >= 15 is 0 Å². The van der Waals surface area contributed by atoms with Crippen molar-refractivity contribution < 1.29 is 0 Å². The van der Waals surface area contributed by atoms with Crippen LogP contribution in [0.25, 0.3) is 0 Å². The molecule has 0 radical (unpaired) electrons. The summed E-state index contributed by atoms with van der Waals surface area (Å²) in [6.07, 6.45) is 5.72. The molecule has 0 amide bonds. The molecule has 88 valence electrons. The number of nitrogens with zero attached hydrogens (tertiary/aromatic N) is 2. The molecular formula is C12H19N3S. The highest BCUT2D eigenvalue weighted by Crippen LogP contribution is 2.53. The van der Waals surface area contributed by atoms with Gasteiger partial charge in [-0.15, -0.1) is 10.2 Å². The molecule has 0 saturated heterocycles. The molecule has 2 aliphatic carbocycles. The number of hydrogen-bond acceptors (Lipinski definition) is 4. The Bertz CT molecular complexity index is 363. The van der Waals surface area contributed by atoms with Gasteiger partial charge in [-0.3, -0.25) is 0 Å². The first kappa shape index (κ1) is 10.7. The summed E-state index contributed by atoms with van der Waals surface area (Å²) in [6, 6.07) is 0. The van der Waals surface area contributed by atoms with Gasteiger partial charge in [-0.1, -0.05) is 24.7 Å². The minimum Gasteiger partial charge on any atom is -0.311 e. The van der Waals surface area contributed by atoms with Crippen LogP contribution in [0.4, 0.5) is 0 Å². The van der Waals surface area contributed by atoms with E-state index < -0.39 is 0 Å². The predicted molar refractivity (Wildman–Crippen MR) is 65.5 cm³/mol. The van der Waals surface area contributed by atoms with Gasteiger partial charge in [-0.25, -0.2) is 0 Å². The molecule has 3 unspecified atom stereocenters. The molecule has 3 atom stereocenters. The lowest BCUT2D eigenvalue weighted by atomic mass is 9.89. The molecule has 1 heterocycles. The van der Waals surface area contributed by atoms with Gasteiger partial charge in [0.2, 0.25) is 0 Å². The van der Waals surface area contributed by atoms with Gasteiger partial charge in [0, 0.05) is 12.5 Å². The third-order valence-electron chi connectivity index (χ3n) is 4.06. The Morgan fingerprint density at radius 1 is 1.31 bits per heavy atom. The molecule has 0 aliphatic heterocycles. The van der Waals surface area contributed by atoms with Gasteiger partial charge in [0.05, 0.1) is 0 Å². The Balaban J connectivity index is 1.68. The number of aromatic nitrogens is 2. The Morgan fingerprint density at radius 2 is 2.25 bits per heavy atom. The van der Waals surface area contributed by atoms with Crippen LogP contribution >= 0.6 is 11.3 Å². The molecule has 1 aromatic rings. The maximum absolute atomic E-state index is 4.40. The van der Waals surface area contributed by atoms with Crippen molar-refractivity contribution in [3.63, 3.8) is 0 Å². The molecule has 16 heavy (non-hydrogen) atoms. The minimum atomic E-state index is 0.742. The highest BCUT2D eigenvalue weighted by Gasteiger charge is 2.41. The summed E-state index contributed by atoms with van der Waals surface area (Å²) in [5.41, 5.74) is 0. The van der Waals surface area contributed by atoms with Crippen molar-refractivity contribution >= 4 is 11.3 Å². The van der Waals surface area contributed by atoms with Crippen molar-refractivity contribution in [3.8, 4) is 0 Å². The number of fused-ring (bicyclic) bond motifs is 2. The van der Waals surface area contributed by atoms with E-state index in [-0.39, 0.29) is 0 Å². The summed E-state index contributed by atoms with van der Waals surface area (Å²) in [5.74, 6) is 2.66. The second kappa shape index (κ2) is 4.41. The lowest BCUT2D eigenvalue weighted by molar-refractivity contribution is 0.417. The zero-order valence-corrected chi connectivity index (χ0v) is 10.6. The van der Waals surface area contributed by atoms with Crippen LogP contribution in [0, 0.1) is 11.8 Å². The van der Waals surface area contributed by atoms with Crippen molar-refractivity contribution in [3.05, 3.63) is 10.0 Å². The van der Waals surface area contributed by atoms with Crippen LogP contribution in [0.3, 0.4) is 0 Å². The van der Waals surface area contributed by atoms with E-state index in [2.05, 4.69) is 22.4 Å². The molecule has 0 spiro atoms. The average molecular weight is 237 g/mol. The molecule has 2 saturated carbocycles. The second-order valence-corrected chi connectivity index (χ2v) is 6.19. The van der Waals surface area contributed by atoms with Crippen molar-refractivity contribution in [2.45, 2.75) is 45.1 Å². The minimum absolute atomic E-state index is 0.742. The predicted octanol–water partition coefficient (Wildman–Crippen LogP) is 2.55. The van der Waals surface area contributed by atoms with Gasteiger partial charge < -0.3 is 5.32 Å². The van der Waals surface area contributed by atoms with Crippen LogP contribution in [-0.2, 0) is 6.54 Å². The fourth-order valence-corrected chi connectivity index (χ4v) is 4.29. The Labute approximate surface area is 101 Å². The summed E-state index contributed by atoms with van der Waals surface area (Å²) in [6.45, 7) is 4.01. The molecule has 3 nitrogen and oxygen atoms in total. The van der Waals surface area contributed by atoms with E-state index in [0.717, 1.165) is 35.9 Å². The van der Waals surface area contributed by atoms with Crippen LogP contribution in [0.5, 0.6) is 0 Å². The van der Waals surface area contributed by atoms with Crippen LogP contribution in [-0.4, -0.2) is 16.7 Å². The Kier molecular flexibility index (Phi) is 2.94. The third kappa shape index (κ3) is 1.89. The van der Waals surface area contributed by atoms with Gasteiger partial charge in [0.25, 0.3) is 0 Å². The zero-order valence-electron chi connectivity index (χ0n) is 9.78. The first-order valence-electron chi connectivity index (χ1n) is 6.39. The van der Waals surface area contributed by atoms with E-state index in [1.165, 1.54) is 30.7 Å². The maximum atomic E-state index is 4.40. The Hall–Kier alpha value is -0.480. The molecule has 2 fully saturated rings. The summed E-state index contributed by atoms with van der Waals surface area (Å²) in [4.78, 5) is 0. The second-order valence-electron chi connectivity index (χ2n) is 5.10. The van der Waals surface area contributed by atoms with Gasteiger partial charge in [0.1, 0.15) is 10.0 Å². The smallest absolute Gasteiger partial charge is 0.131 e.